The summed E-state index contributed by atoms with van der Waals surface area (Å²) in [6.07, 6.45) is 0. The van der Waals surface area contributed by atoms with E-state index in [-0.39, 0.29) is 4.90 Å². The zero-order chi connectivity index (χ0) is 41.4. The van der Waals surface area contributed by atoms with Crippen LogP contribution in [-0.2, 0) is 29.1 Å². The average molecular weight is 793 g/mol. The van der Waals surface area contributed by atoms with Crippen molar-refractivity contribution in [3.63, 3.8) is 0 Å². The van der Waals surface area contributed by atoms with Crippen LogP contribution in [0.5, 0.6) is 0 Å². The molecule has 0 aliphatic rings. The molecule has 0 heterocycles. The highest BCUT2D eigenvalue weighted by Crippen LogP contribution is 2.12. The molecule has 50 heavy (non-hydrogen) atoms. The minimum atomic E-state index is -3.53. The molecular formula is C30H57ClN6O10S3. The first-order valence-corrected chi connectivity index (χ1v) is 20.0. The van der Waals surface area contributed by atoms with E-state index in [1.165, 1.54) is 40.3 Å². The summed E-state index contributed by atoms with van der Waals surface area (Å²) >= 11 is 0. The van der Waals surface area contributed by atoms with E-state index in [0.29, 0.717) is 9.79 Å². The number of nitrogens with zero attached hydrogens (tertiary/aromatic N) is 2. The molecule has 0 spiro atoms. The van der Waals surface area contributed by atoms with E-state index in [1.807, 2.05) is 41.5 Å². The predicted molar refractivity (Wildman–Crippen MR) is 205 cm³/mol. The van der Waals surface area contributed by atoms with Crippen molar-refractivity contribution in [2.75, 3.05) is 42.3 Å². The van der Waals surface area contributed by atoms with Gasteiger partial charge in [0.2, 0.25) is 20.0 Å². The first-order valence-electron chi connectivity index (χ1n) is 14.7. The quantitative estimate of drug-likeness (QED) is 0.154. The van der Waals surface area contributed by atoms with Crippen LogP contribution < -0.4 is 20.9 Å². The molecule has 0 aliphatic heterocycles. The van der Waals surface area contributed by atoms with Crippen LogP contribution in [0.4, 0.5) is 0 Å². The highest BCUT2D eigenvalue weighted by Gasteiger charge is 2.09. The maximum Gasteiger partial charge on any atom is 0.261 e. The Morgan fingerprint density at radius 3 is 0.780 bits per heavy atom. The van der Waals surface area contributed by atoms with Crippen molar-refractivity contribution < 1.29 is 35.1 Å². The van der Waals surface area contributed by atoms with Gasteiger partial charge in [-0.25, -0.2) is 34.7 Å². The third-order valence-corrected chi connectivity index (χ3v) is 7.90. The zero-order valence-electron chi connectivity index (χ0n) is 30.9. The van der Waals surface area contributed by atoms with Gasteiger partial charge in [0, 0.05) is 20.5 Å². The highest BCUT2D eigenvalue weighted by molar-refractivity contribution is 8.13. The Morgan fingerprint density at radius 1 is 0.500 bits per heavy atom. The number of sulfonamides is 2. The van der Waals surface area contributed by atoms with Gasteiger partial charge in [-0.1, -0.05) is 96.1 Å². The Labute approximate surface area is 304 Å². The standard InChI is InChI=1S/2C7H9NO2S.C6H5ClO2S.3C2H6.2CH3NO2.2CH5N/c2*1-8-11(9,10)7-5-3-2-4-6-7;7-10(8,9)6-4-2-1-3-5-6;3*1-2;2*1-2(3)4;2*1-2/h2*2-6,8H,1H3;1-5H;3*1-2H3;2*1H3;2*2H2,1H3. The van der Waals surface area contributed by atoms with Crippen LogP contribution in [-0.4, -0.2) is 77.4 Å². The molecule has 0 saturated heterocycles. The van der Waals surface area contributed by atoms with Gasteiger partial charge in [-0.3, -0.25) is 20.2 Å². The molecule has 20 heteroatoms. The second-order valence-corrected chi connectivity index (χ2v) is 13.0. The fourth-order valence-corrected chi connectivity index (χ4v) is 4.31. The Bertz CT molecular complexity index is 1400. The normalized spacial score (nSPS) is 8.86. The number of nitro groups is 2. The minimum Gasteiger partial charge on any atom is -0.333 e. The van der Waals surface area contributed by atoms with Crippen molar-refractivity contribution in [3.05, 3.63) is 111 Å². The summed E-state index contributed by atoms with van der Waals surface area (Å²) in [5.74, 6) is 0. The summed E-state index contributed by atoms with van der Waals surface area (Å²) in [5.41, 5.74) is 9.00. The van der Waals surface area contributed by atoms with Crippen LogP contribution in [0, 0.1) is 20.2 Å². The highest BCUT2D eigenvalue weighted by atomic mass is 35.7. The first-order chi connectivity index (χ1) is 23.4. The number of nitrogens with two attached hydrogens (primary N) is 2. The minimum absolute atomic E-state index is 0.136. The number of hydrogen-bond acceptors (Lipinski definition) is 12. The third-order valence-electron chi connectivity index (χ3n) is 3.67. The number of hydrogen-bond donors (Lipinski definition) is 4. The van der Waals surface area contributed by atoms with Crippen molar-refractivity contribution in [2.45, 2.75) is 56.2 Å². The molecule has 0 aliphatic carbocycles. The summed E-state index contributed by atoms with van der Waals surface area (Å²) in [4.78, 5) is 17.3. The number of halogens is 1. The molecule has 3 aromatic rings. The lowest BCUT2D eigenvalue weighted by Crippen LogP contribution is -2.18. The molecule has 0 fully saturated rings. The molecule has 292 valence electrons. The second-order valence-electron chi connectivity index (χ2n) is 6.67. The van der Waals surface area contributed by atoms with Gasteiger partial charge in [-0.2, -0.15) is 0 Å². The molecule has 16 nitrogen and oxygen atoms in total. The van der Waals surface area contributed by atoms with Gasteiger partial charge in [0.15, 0.2) is 14.1 Å². The number of benzene rings is 3. The molecule has 0 aromatic heterocycles. The monoisotopic (exact) mass is 792 g/mol. The van der Waals surface area contributed by atoms with Crippen LogP contribution in [0.1, 0.15) is 41.5 Å². The van der Waals surface area contributed by atoms with Crippen LogP contribution in [0.2, 0.25) is 0 Å². The SMILES string of the molecule is CC.CC.CC.CN.CN.CNS(=O)(=O)c1ccccc1.CNS(=O)(=O)c1ccccc1.C[N+](=O)[O-].C[N+](=O)[O-].O=S(=O)(Cl)c1ccccc1. The smallest absolute Gasteiger partial charge is 0.261 e. The maximum absolute atomic E-state index is 11.1. The van der Waals surface area contributed by atoms with Crippen molar-refractivity contribution in [2.24, 2.45) is 11.5 Å². The molecule has 0 bridgehead atoms. The van der Waals surface area contributed by atoms with Gasteiger partial charge in [-0.15, -0.1) is 0 Å². The van der Waals surface area contributed by atoms with E-state index in [9.17, 15) is 25.3 Å². The van der Waals surface area contributed by atoms with Crippen molar-refractivity contribution in [3.8, 4) is 0 Å². The Kier molecular flexibility index (Phi) is 51.3. The molecule has 0 unspecified atom stereocenters. The largest absolute Gasteiger partial charge is 0.333 e. The van der Waals surface area contributed by atoms with Crippen LogP contribution >= 0.6 is 10.7 Å². The molecule has 3 aromatic carbocycles. The van der Waals surface area contributed by atoms with Crippen molar-refractivity contribution in [1.29, 1.82) is 0 Å². The molecule has 0 atom stereocenters. The molecule has 0 saturated carbocycles. The number of nitrogens with one attached hydrogen (secondary N) is 2. The van der Waals surface area contributed by atoms with E-state index < -0.39 is 38.9 Å². The van der Waals surface area contributed by atoms with Gasteiger partial charge < -0.3 is 11.5 Å². The average Bonchev–Trinajstić information content (AvgIpc) is 3.13. The van der Waals surface area contributed by atoms with E-state index in [4.69, 9.17) is 30.9 Å². The zero-order valence-corrected chi connectivity index (χ0v) is 34.1. The van der Waals surface area contributed by atoms with Gasteiger partial charge in [0.25, 0.3) is 9.05 Å². The van der Waals surface area contributed by atoms with E-state index in [1.54, 1.807) is 78.9 Å². The Morgan fingerprint density at radius 2 is 0.660 bits per heavy atom. The number of rotatable bonds is 5. The van der Waals surface area contributed by atoms with E-state index >= 15 is 0 Å². The van der Waals surface area contributed by atoms with Crippen LogP contribution in [0.25, 0.3) is 0 Å². The fraction of sp³-hybridized carbons (Fsp3) is 0.400. The third kappa shape index (κ3) is 42.5. The summed E-state index contributed by atoms with van der Waals surface area (Å²) in [6.45, 7) is 12.0. The topological polar surface area (TPSA) is 265 Å². The first kappa shape index (κ1) is 61.6. The molecule has 0 radical (unpaired) electrons. The summed E-state index contributed by atoms with van der Waals surface area (Å²) < 4.78 is 70.0. The van der Waals surface area contributed by atoms with Gasteiger partial charge in [-0.05, 0) is 64.6 Å². The van der Waals surface area contributed by atoms with Gasteiger partial charge in [0.1, 0.15) is 0 Å². The molecular weight excluding hydrogens is 736 g/mol. The Balaban J connectivity index is -0.0000000902. The summed E-state index contributed by atoms with van der Waals surface area (Å²) in [7, 11) is 2.56. The summed E-state index contributed by atoms with van der Waals surface area (Å²) in [5, 5.41) is 17.6. The molecule has 6 N–H and O–H groups in total. The fourth-order valence-electron chi connectivity index (χ4n) is 2.02. The van der Waals surface area contributed by atoms with E-state index in [2.05, 4.69) is 20.9 Å². The predicted octanol–water partition coefficient (Wildman–Crippen LogP) is 4.82. The van der Waals surface area contributed by atoms with Gasteiger partial charge in [0.05, 0.1) is 14.7 Å². The Hall–Kier alpha value is -3.56. The van der Waals surface area contributed by atoms with Crippen LogP contribution in [0.3, 0.4) is 0 Å². The van der Waals surface area contributed by atoms with Crippen LogP contribution in [0.15, 0.2) is 106 Å². The lowest BCUT2D eigenvalue weighted by Gasteiger charge is -1.99. The lowest BCUT2D eigenvalue weighted by molar-refractivity contribution is -0.445. The molecule has 3 rings (SSSR count). The maximum atomic E-state index is 11.1. The molecule has 0 amide bonds. The summed E-state index contributed by atoms with van der Waals surface area (Å²) in [6, 6.07) is 24.3. The van der Waals surface area contributed by atoms with Gasteiger partial charge >= 0.3 is 0 Å². The van der Waals surface area contributed by atoms with Crippen molar-refractivity contribution >= 4 is 39.8 Å². The van der Waals surface area contributed by atoms with Crippen molar-refractivity contribution in [1.82, 2.24) is 9.44 Å². The second kappa shape index (κ2) is 41.6. The lowest BCUT2D eigenvalue weighted by atomic mass is 10.4. The van der Waals surface area contributed by atoms with E-state index in [0.717, 1.165) is 14.1 Å².